The third-order valence-corrected chi connectivity index (χ3v) is 11.9. The maximum atomic E-state index is 13.6. The molecule has 2 saturated heterocycles. The number of sulfone groups is 2. The number of fused-ring (bicyclic) bond motifs is 1. The first kappa shape index (κ1) is 32.2. The fourth-order valence-corrected chi connectivity index (χ4v) is 8.31. The second-order valence-electron chi connectivity index (χ2n) is 11.4. The first-order valence-electron chi connectivity index (χ1n) is 14.8. The molecule has 3 heterocycles. The van der Waals surface area contributed by atoms with E-state index in [1.54, 1.807) is 37.3 Å². The summed E-state index contributed by atoms with van der Waals surface area (Å²) in [5.41, 5.74) is 2.10. The maximum absolute atomic E-state index is 13.6. The molecular formula is C31H37F3N4O4S2. The Morgan fingerprint density at radius 3 is 2.32 bits per heavy atom. The van der Waals surface area contributed by atoms with Crippen molar-refractivity contribution in [1.82, 2.24) is 9.47 Å². The third-order valence-electron chi connectivity index (χ3n) is 8.40. The number of piperidine rings is 1. The van der Waals surface area contributed by atoms with Crippen LogP contribution in [0, 0.1) is 11.8 Å². The van der Waals surface area contributed by atoms with Crippen molar-refractivity contribution < 1.29 is 30.0 Å². The molecule has 2 aliphatic rings. The highest BCUT2D eigenvalue weighted by Gasteiger charge is 2.32. The Balaban J connectivity index is 1.28. The lowest BCUT2D eigenvalue weighted by molar-refractivity contribution is -0.140. The summed E-state index contributed by atoms with van der Waals surface area (Å²) < 4.78 is 89.6. The van der Waals surface area contributed by atoms with Gasteiger partial charge in [0.1, 0.15) is 16.4 Å². The van der Waals surface area contributed by atoms with Crippen molar-refractivity contribution in [2.45, 2.75) is 62.3 Å². The topological polar surface area (TPSA) is 101 Å². The minimum atomic E-state index is -4.43. The van der Waals surface area contributed by atoms with Crippen LogP contribution in [-0.4, -0.2) is 81.5 Å². The van der Waals surface area contributed by atoms with E-state index < -0.39 is 32.4 Å². The van der Waals surface area contributed by atoms with E-state index in [1.165, 1.54) is 16.7 Å². The maximum Gasteiger partial charge on any atom is 0.406 e. The quantitative estimate of drug-likeness (QED) is 0.334. The van der Waals surface area contributed by atoms with Crippen LogP contribution < -0.4 is 10.6 Å². The monoisotopic (exact) mass is 650 g/mol. The molecule has 2 fully saturated rings. The summed E-state index contributed by atoms with van der Waals surface area (Å²) in [6, 6.07) is 13.7. The van der Waals surface area contributed by atoms with Gasteiger partial charge >= 0.3 is 6.18 Å². The highest BCUT2D eigenvalue weighted by molar-refractivity contribution is 7.91. The number of anilines is 2. The average Bonchev–Trinajstić information content (AvgIpc) is 3.32. The number of hydrogen-bond donors (Lipinski definition) is 2. The van der Waals surface area contributed by atoms with Crippen molar-refractivity contribution in [1.29, 1.82) is 0 Å². The number of nitrogens with zero attached hydrogens (tertiary/aromatic N) is 2. The SMILES string of the molecule is CCS(=O)(=O)c1ccc(NCC#Cc2cc3c(NC4CCN(C5CCS(=O)(=O)CC5)CC4)cccc3n2CC(F)(F)F)cc1. The fraction of sp³-hybridized carbons (Fsp3) is 0.484. The molecule has 0 amide bonds. The third kappa shape index (κ3) is 7.89. The number of benzene rings is 2. The molecule has 2 aliphatic heterocycles. The summed E-state index contributed by atoms with van der Waals surface area (Å²) in [7, 11) is -6.22. The van der Waals surface area contributed by atoms with E-state index in [2.05, 4.69) is 27.4 Å². The summed E-state index contributed by atoms with van der Waals surface area (Å²) in [5, 5.41) is 7.28. The van der Waals surface area contributed by atoms with Crippen LogP contribution in [0.2, 0.25) is 0 Å². The fourth-order valence-electron chi connectivity index (χ4n) is 5.96. The molecule has 0 radical (unpaired) electrons. The molecule has 8 nitrogen and oxygen atoms in total. The molecule has 5 rings (SSSR count). The van der Waals surface area contributed by atoms with Crippen LogP contribution in [0.4, 0.5) is 24.5 Å². The molecule has 0 saturated carbocycles. The van der Waals surface area contributed by atoms with Gasteiger partial charge in [-0.1, -0.05) is 18.9 Å². The van der Waals surface area contributed by atoms with Gasteiger partial charge in [0.25, 0.3) is 0 Å². The van der Waals surface area contributed by atoms with Gasteiger partial charge < -0.3 is 20.1 Å². The van der Waals surface area contributed by atoms with Crippen LogP contribution in [-0.2, 0) is 26.2 Å². The molecule has 3 aromatic rings. The number of halogens is 3. The van der Waals surface area contributed by atoms with Gasteiger partial charge in [-0.15, -0.1) is 0 Å². The lowest BCUT2D eigenvalue weighted by Gasteiger charge is -2.39. The van der Waals surface area contributed by atoms with Crippen LogP contribution >= 0.6 is 0 Å². The van der Waals surface area contributed by atoms with Crippen LogP contribution in [0.1, 0.15) is 38.3 Å². The van der Waals surface area contributed by atoms with E-state index in [4.69, 9.17) is 0 Å². The Morgan fingerprint density at radius 2 is 1.68 bits per heavy atom. The number of hydrogen-bond acceptors (Lipinski definition) is 7. The summed E-state index contributed by atoms with van der Waals surface area (Å²) >= 11 is 0. The van der Waals surface area contributed by atoms with Crippen LogP contribution in [0.15, 0.2) is 53.4 Å². The summed E-state index contributed by atoms with van der Waals surface area (Å²) in [6.07, 6.45) is -1.39. The lowest BCUT2D eigenvalue weighted by atomic mass is 10.00. The molecule has 0 unspecified atom stereocenters. The molecule has 13 heteroatoms. The number of likely N-dealkylation sites (tertiary alicyclic amines) is 1. The van der Waals surface area contributed by atoms with Crippen molar-refractivity contribution >= 4 is 42.0 Å². The Kier molecular flexibility index (Phi) is 9.53. The van der Waals surface area contributed by atoms with Crippen molar-refractivity contribution in [2.24, 2.45) is 0 Å². The van der Waals surface area contributed by atoms with Gasteiger partial charge in [-0.25, -0.2) is 16.8 Å². The van der Waals surface area contributed by atoms with Gasteiger partial charge in [-0.3, -0.25) is 0 Å². The summed E-state index contributed by atoms with van der Waals surface area (Å²) in [5.74, 6) is 6.29. The van der Waals surface area contributed by atoms with Crippen molar-refractivity contribution in [2.75, 3.05) is 47.5 Å². The smallest absolute Gasteiger partial charge is 0.382 e. The van der Waals surface area contributed by atoms with Crippen molar-refractivity contribution in [3.05, 3.63) is 54.2 Å². The first-order valence-corrected chi connectivity index (χ1v) is 18.3. The number of alkyl halides is 3. The minimum Gasteiger partial charge on any atom is -0.382 e. The van der Waals surface area contributed by atoms with E-state index in [-0.39, 0.29) is 46.5 Å². The second-order valence-corrected chi connectivity index (χ2v) is 16.0. The van der Waals surface area contributed by atoms with E-state index in [0.717, 1.165) is 31.6 Å². The normalized spacial score (nSPS) is 18.5. The predicted molar refractivity (Wildman–Crippen MR) is 167 cm³/mol. The standard InChI is InChI=1S/C31H37F3N4O4S2/c1-2-44(41,42)27-10-8-23(9-11-27)35-16-4-5-26-21-28-29(6-3-7-30(28)38(26)22-31(32,33)34)36-24-12-17-37(18-13-24)25-14-19-43(39,40)20-15-25/h3,6-11,21,24-25,35-36H,2,12-20,22H2,1H3. The molecule has 0 bridgehead atoms. The Morgan fingerprint density at radius 1 is 1.00 bits per heavy atom. The minimum absolute atomic E-state index is 0.00392. The lowest BCUT2D eigenvalue weighted by Crippen LogP contribution is -2.47. The molecule has 1 aromatic heterocycles. The molecule has 2 aromatic carbocycles. The summed E-state index contributed by atoms with van der Waals surface area (Å²) in [6.45, 7) is 2.25. The van der Waals surface area contributed by atoms with E-state index in [1.807, 2.05) is 6.07 Å². The van der Waals surface area contributed by atoms with E-state index >= 15 is 0 Å². The number of nitrogens with one attached hydrogen (secondary N) is 2. The second kappa shape index (κ2) is 13.0. The molecule has 238 valence electrons. The molecule has 0 aliphatic carbocycles. The first-order chi connectivity index (χ1) is 20.8. The largest absolute Gasteiger partial charge is 0.406 e. The van der Waals surface area contributed by atoms with Crippen LogP contribution in [0.25, 0.3) is 10.9 Å². The average molecular weight is 651 g/mol. The van der Waals surface area contributed by atoms with Crippen LogP contribution in [0.3, 0.4) is 0 Å². The number of aromatic nitrogens is 1. The van der Waals surface area contributed by atoms with Crippen molar-refractivity contribution in [3.8, 4) is 11.8 Å². The van der Waals surface area contributed by atoms with Gasteiger partial charge in [0.2, 0.25) is 0 Å². The van der Waals surface area contributed by atoms with Crippen LogP contribution in [0.5, 0.6) is 0 Å². The number of rotatable bonds is 8. The van der Waals surface area contributed by atoms with Gasteiger partial charge in [-0.2, -0.15) is 13.2 Å². The summed E-state index contributed by atoms with van der Waals surface area (Å²) in [4.78, 5) is 2.60. The van der Waals surface area contributed by atoms with Gasteiger partial charge in [0.05, 0.1) is 39.9 Å². The highest BCUT2D eigenvalue weighted by atomic mass is 32.2. The molecule has 0 spiro atoms. The van der Waals surface area contributed by atoms with Gasteiger partial charge in [0.15, 0.2) is 9.84 Å². The molecule has 44 heavy (non-hydrogen) atoms. The zero-order valence-electron chi connectivity index (χ0n) is 24.5. The Bertz CT molecular complexity index is 1740. The van der Waals surface area contributed by atoms with Gasteiger partial charge in [0, 0.05) is 41.9 Å². The van der Waals surface area contributed by atoms with Gasteiger partial charge in [-0.05, 0) is 74.1 Å². The molecular weight excluding hydrogens is 613 g/mol. The van der Waals surface area contributed by atoms with E-state index in [9.17, 15) is 30.0 Å². The Labute approximate surface area is 256 Å². The predicted octanol–water partition coefficient (Wildman–Crippen LogP) is 4.91. The van der Waals surface area contributed by atoms with E-state index in [0.29, 0.717) is 29.4 Å². The molecule has 2 N–H and O–H groups in total. The zero-order chi connectivity index (χ0) is 31.5. The zero-order valence-corrected chi connectivity index (χ0v) is 26.2. The molecule has 0 atom stereocenters. The highest BCUT2D eigenvalue weighted by Crippen LogP contribution is 2.32. The Hall–Kier alpha value is -3.21. The van der Waals surface area contributed by atoms with Crippen molar-refractivity contribution in [3.63, 3.8) is 0 Å².